The van der Waals surface area contributed by atoms with Crippen LogP contribution >= 0.6 is 11.3 Å². The molecule has 10 heteroatoms. The van der Waals surface area contributed by atoms with E-state index in [2.05, 4.69) is 37.2 Å². The van der Waals surface area contributed by atoms with Crippen molar-refractivity contribution in [1.82, 2.24) is 20.3 Å². The molecule has 37 heavy (non-hydrogen) atoms. The minimum absolute atomic E-state index is 0.0723. The van der Waals surface area contributed by atoms with Crippen molar-refractivity contribution in [2.45, 2.75) is 26.3 Å². The van der Waals surface area contributed by atoms with Crippen molar-refractivity contribution in [2.75, 3.05) is 49.1 Å². The van der Waals surface area contributed by atoms with Crippen molar-refractivity contribution < 1.29 is 13.5 Å². The molecular formula is C27H28F2N6OS. The number of hydrogen-bond acceptors (Lipinski definition) is 8. The predicted molar refractivity (Wildman–Crippen MR) is 143 cm³/mol. The third kappa shape index (κ3) is 4.71. The molecule has 1 saturated heterocycles. The van der Waals surface area contributed by atoms with Gasteiger partial charge in [0.15, 0.2) is 17.4 Å². The van der Waals surface area contributed by atoms with Gasteiger partial charge in [-0.15, -0.1) is 11.3 Å². The third-order valence-corrected chi connectivity index (χ3v) is 7.83. The number of thiazole rings is 1. The molecule has 1 fully saturated rings. The Morgan fingerprint density at radius 1 is 1.05 bits per heavy atom. The summed E-state index contributed by atoms with van der Waals surface area (Å²) in [4.78, 5) is 17.9. The minimum Gasteiger partial charge on any atom is -0.486 e. The number of halogens is 2. The first-order valence-electron chi connectivity index (χ1n) is 12.6. The molecule has 0 bridgehead atoms. The highest BCUT2D eigenvalue weighted by atomic mass is 32.1. The molecule has 0 unspecified atom stereocenters. The summed E-state index contributed by atoms with van der Waals surface area (Å²) in [7, 11) is 0. The SMILES string of the molecule is CC(C)N1CCOc2c(F)cc(-c3nc(Cc4nc5ccc(N6CCNCC6)cc5s4)ncc3F)cc21. The van der Waals surface area contributed by atoms with Gasteiger partial charge in [0, 0.05) is 43.5 Å². The second-order valence-electron chi connectivity index (χ2n) is 9.60. The van der Waals surface area contributed by atoms with E-state index in [1.165, 1.54) is 11.8 Å². The Hall–Kier alpha value is -3.37. The van der Waals surface area contributed by atoms with Crippen LogP contribution in [0.15, 0.2) is 36.5 Å². The zero-order chi connectivity index (χ0) is 25.5. The van der Waals surface area contributed by atoms with Crippen LogP contribution in [0.25, 0.3) is 21.5 Å². The second kappa shape index (κ2) is 9.83. The van der Waals surface area contributed by atoms with E-state index in [1.54, 1.807) is 17.4 Å². The Bertz CT molecular complexity index is 1450. The van der Waals surface area contributed by atoms with E-state index in [4.69, 9.17) is 9.72 Å². The van der Waals surface area contributed by atoms with Crippen molar-refractivity contribution in [2.24, 2.45) is 0 Å². The molecule has 0 atom stereocenters. The fraction of sp³-hybridized carbons (Fsp3) is 0.370. The van der Waals surface area contributed by atoms with Crippen molar-refractivity contribution in [3.05, 3.63) is 59.0 Å². The molecule has 7 nitrogen and oxygen atoms in total. The summed E-state index contributed by atoms with van der Waals surface area (Å²) in [5.41, 5.74) is 3.16. The van der Waals surface area contributed by atoms with E-state index in [9.17, 15) is 8.78 Å². The van der Waals surface area contributed by atoms with Crippen molar-refractivity contribution in [3.8, 4) is 17.0 Å². The van der Waals surface area contributed by atoms with Crippen LogP contribution < -0.4 is 19.9 Å². The molecular weight excluding hydrogens is 494 g/mol. The van der Waals surface area contributed by atoms with Crippen molar-refractivity contribution >= 4 is 32.9 Å². The Morgan fingerprint density at radius 2 is 1.89 bits per heavy atom. The standard InChI is InChI=1S/C27H28F2N6OS/c1-16(2)35-9-10-36-27-19(28)11-17(12-22(27)35)26-20(29)15-31-24(33-26)14-25-32-21-4-3-18(13-23(21)37-25)34-7-5-30-6-8-34/h3-4,11-13,15-16,30H,5-10,14H2,1-2H3. The van der Waals surface area contributed by atoms with Gasteiger partial charge >= 0.3 is 0 Å². The van der Waals surface area contributed by atoms with Gasteiger partial charge in [0.05, 0.1) is 35.1 Å². The monoisotopic (exact) mass is 522 g/mol. The van der Waals surface area contributed by atoms with Crippen LogP contribution in [0.2, 0.25) is 0 Å². The van der Waals surface area contributed by atoms with Gasteiger partial charge < -0.3 is 19.9 Å². The maximum atomic E-state index is 15.0. The van der Waals surface area contributed by atoms with E-state index in [0.717, 1.165) is 47.6 Å². The lowest BCUT2D eigenvalue weighted by atomic mass is 10.1. The van der Waals surface area contributed by atoms with Crippen LogP contribution in [-0.4, -0.2) is 60.3 Å². The maximum Gasteiger partial charge on any atom is 0.178 e. The van der Waals surface area contributed by atoms with Gasteiger partial charge in [-0.25, -0.2) is 23.7 Å². The molecule has 4 aromatic rings. The average Bonchev–Trinajstić information content (AvgIpc) is 3.31. The Labute approximate surface area is 218 Å². The first-order chi connectivity index (χ1) is 18.0. The van der Waals surface area contributed by atoms with E-state index in [1.807, 2.05) is 19.9 Å². The zero-order valence-corrected chi connectivity index (χ0v) is 21.6. The highest BCUT2D eigenvalue weighted by molar-refractivity contribution is 7.18. The molecule has 0 amide bonds. The number of nitrogens with one attached hydrogen (secondary N) is 1. The van der Waals surface area contributed by atoms with Gasteiger partial charge in [-0.2, -0.15) is 0 Å². The third-order valence-electron chi connectivity index (χ3n) is 6.81. The summed E-state index contributed by atoms with van der Waals surface area (Å²) in [5.74, 6) is -0.481. The molecule has 2 aromatic heterocycles. The summed E-state index contributed by atoms with van der Waals surface area (Å²) in [6, 6.07) is 9.52. The fourth-order valence-corrected chi connectivity index (χ4v) is 5.95. The van der Waals surface area contributed by atoms with Gasteiger partial charge in [-0.1, -0.05) is 0 Å². The second-order valence-corrected chi connectivity index (χ2v) is 10.7. The lowest BCUT2D eigenvalue weighted by Crippen LogP contribution is -2.43. The summed E-state index contributed by atoms with van der Waals surface area (Å²) in [6.45, 7) is 9.04. The first-order valence-corrected chi connectivity index (χ1v) is 13.4. The molecule has 0 saturated carbocycles. The number of rotatable bonds is 5. The summed E-state index contributed by atoms with van der Waals surface area (Å²) in [5, 5.41) is 4.23. The molecule has 1 N–H and O–H groups in total. The molecule has 0 spiro atoms. The number of fused-ring (bicyclic) bond motifs is 2. The normalized spacial score (nSPS) is 15.8. The largest absolute Gasteiger partial charge is 0.486 e. The van der Waals surface area contributed by atoms with Crippen LogP contribution in [-0.2, 0) is 6.42 Å². The minimum atomic E-state index is -0.596. The summed E-state index contributed by atoms with van der Waals surface area (Å²) < 4.78 is 36.5. The molecule has 2 aliphatic heterocycles. The first kappa shape index (κ1) is 24.0. The van der Waals surface area contributed by atoms with Crippen molar-refractivity contribution in [1.29, 1.82) is 0 Å². The van der Waals surface area contributed by atoms with E-state index in [-0.39, 0.29) is 17.5 Å². The van der Waals surface area contributed by atoms with Crippen LogP contribution in [0.3, 0.4) is 0 Å². The summed E-state index contributed by atoms with van der Waals surface area (Å²) in [6.07, 6.45) is 1.52. The van der Waals surface area contributed by atoms with Crippen LogP contribution in [0, 0.1) is 11.6 Å². The maximum absolute atomic E-state index is 15.0. The molecule has 6 rings (SSSR count). The number of aromatic nitrogens is 3. The number of anilines is 2. The highest BCUT2D eigenvalue weighted by Crippen LogP contribution is 2.39. The number of piperazine rings is 1. The van der Waals surface area contributed by atoms with E-state index in [0.29, 0.717) is 36.6 Å². The van der Waals surface area contributed by atoms with Crippen molar-refractivity contribution in [3.63, 3.8) is 0 Å². The topological polar surface area (TPSA) is 66.4 Å². The highest BCUT2D eigenvalue weighted by Gasteiger charge is 2.26. The lowest BCUT2D eigenvalue weighted by Gasteiger charge is -2.34. The van der Waals surface area contributed by atoms with Gasteiger partial charge in [-0.05, 0) is 44.2 Å². The molecule has 4 heterocycles. The molecule has 0 aliphatic carbocycles. The fourth-order valence-electron chi connectivity index (χ4n) is 4.96. The van der Waals surface area contributed by atoms with E-state index >= 15 is 0 Å². The van der Waals surface area contributed by atoms with Gasteiger partial charge in [0.2, 0.25) is 0 Å². The lowest BCUT2D eigenvalue weighted by molar-refractivity contribution is 0.287. The summed E-state index contributed by atoms with van der Waals surface area (Å²) >= 11 is 1.59. The van der Waals surface area contributed by atoms with Gasteiger partial charge in [0.25, 0.3) is 0 Å². The number of benzene rings is 2. The molecule has 0 radical (unpaired) electrons. The van der Waals surface area contributed by atoms with Gasteiger partial charge in [-0.3, -0.25) is 0 Å². The Morgan fingerprint density at radius 3 is 2.70 bits per heavy atom. The van der Waals surface area contributed by atoms with Gasteiger partial charge in [0.1, 0.15) is 23.1 Å². The molecule has 2 aromatic carbocycles. The molecule has 2 aliphatic rings. The average molecular weight is 523 g/mol. The van der Waals surface area contributed by atoms with Crippen LogP contribution in [0.4, 0.5) is 20.2 Å². The quantitative estimate of drug-likeness (QED) is 0.410. The Balaban J connectivity index is 1.30. The Kier molecular flexibility index (Phi) is 6.37. The smallest absolute Gasteiger partial charge is 0.178 e. The number of nitrogens with zero attached hydrogens (tertiary/aromatic N) is 5. The van der Waals surface area contributed by atoms with Crippen LogP contribution in [0.5, 0.6) is 5.75 Å². The van der Waals surface area contributed by atoms with E-state index < -0.39 is 11.6 Å². The predicted octanol–water partition coefficient (Wildman–Crippen LogP) is 4.64. The van der Waals surface area contributed by atoms with Crippen LogP contribution in [0.1, 0.15) is 24.7 Å². The zero-order valence-electron chi connectivity index (χ0n) is 20.8. The molecule has 192 valence electrons. The number of ether oxygens (including phenoxy) is 1. The number of hydrogen-bond donors (Lipinski definition) is 1.